The van der Waals surface area contributed by atoms with Gasteiger partial charge in [-0.15, -0.1) is 0 Å². The highest BCUT2D eigenvalue weighted by molar-refractivity contribution is 7.65. The maximum absolute atomic E-state index is 2.41. The molecule has 0 radical (unpaired) electrons. The zero-order valence-corrected chi connectivity index (χ0v) is 16.8. The van der Waals surface area contributed by atoms with Crippen LogP contribution in [0, 0.1) is 0 Å². The van der Waals surface area contributed by atoms with Crippen molar-refractivity contribution in [2.75, 3.05) is 12.3 Å². The van der Waals surface area contributed by atoms with Crippen molar-refractivity contribution in [2.24, 2.45) is 0 Å². The summed E-state index contributed by atoms with van der Waals surface area (Å²) in [7, 11) is -0.0436. The number of benzene rings is 2. The third-order valence-electron chi connectivity index (χ3n) is 4.68. The lowest BCUT2D eigenvalue weighted by molar-refractivity contribution is 0.868. The predicted molar refractivity (Wildman–Crippen MR) is 112 cm³/mol. The first-order chi connectivity index (χ1) is 11.7. The first-order valence-electron chi connectivity index (χ1n) is 9.62. The van der Waals surface area contributed by atoms with Crippen molar-refractivity contribution < 1.29 is 0 Å². The summed E-state index contributed by atoms with van der Waals surface area (Å²) in [6.45, 7) is 9.23. The topological polar surface area (TPSA) is 0 Å². The van der Waals surface area contributed by atoms with E-state index in [0.717, 1.165) is 0 Å². The lowest BCUT2D eigenvalue weighted by atomic mass is 9.93. The Balaban J connectivity index is 2.45. The number of hydrogen-bond acceptors (Lipinski definition) is 0. The third-order valence-corrected chi connectivity index (χ3v) is 7.46. The maximum Gasteiger partial charge on any atom is -0.0104 e. The van der Waals surface area contributed by atoms with Gasteiger partial charge in [-0.25, -0.2) is 0 Å². The second kappa shape index (κ2) is 10.00. The van der Waals surface area contributed by atoms with Crippen LogP contribution in [-0.4, -0.2) is 12.3 Å². The molecule has 2 aromatic carbocycles. The van der Waals surface area contributed by atoms with Crippen molar-refractivity contribution in [2.45, 2.75) is 59.3 Å². The Morgan fingerprint density at radius 3 is 1.88 bits per heavy atom. The second-order valence-electron chi connectivity index (χ2n) is 6.95. The Morgan fingerprint density at radius 2 is 1.29 bits per heavy atom. The molecule has 0 saturated heterocycles. The molecule has 0 heterocycles. The second-order valence-corrected chi connectivity index (χ2v) is 9.41. The molecule has 1 heteroatoms. The van der Waals surface area contributed by atoms with Gasteiger partial charge in [-0.2, -0.15) is 0 Å². The predicted octanol–water partition coefficient (Wildman–Crippen LogP) is 7.18. The van der Waals surface area contributed by atoms with E-state index in [4.69, 9.17) is 0 Å². The van der Waals surface area contributed by atoms with Gasteiger partial charge in [0, 0.05) is 0 Å². The molecule has 0 atom stereocenters. The highest BCUT2D eigenvalue weighted by Gasteiger charge is 2.17. The molecule has 0 saturated carbocycles. The number of unbranched alkanes of at least 4 members (excludes halogenated alkanes) is 2. The number of hydrogen-bond donors (Lipinski definition) is 0. The normalized spacial score (nSPS) is 11.4. The summed E-state index contributed by atoms with van der Waals surface area (Å²) in [4.78, 5) is 0. The highest BCUT2D eigenvalue weighted by Crippen LogP contribution is 2.41. The molecule has 0 aliphatic rings. The molecule has 0 N–H and O–H groups in total. The summed E-state index contributed by atoms with van der Waals surface area (Å²) in [5.74, 6) is 0.562. The van der Waals surface area contributed by atoms with Gasteiger partial charge in [0.25, 0.3) is 0 Å². The van der Waals surface area contributed by atoms with Gasteiger partial charge >= 0.3 is 0 Å². The van der Waals surface area contributed by atoms with Crippen LogP contribution in [0.15, 0.2) is 48.5 Å². The van der Waals surface area contributed by atoms with Crippen molar-refractivity contribution >= 4 is 13.2 Å². The summed E-state index contributed by atoms with van der Waals surface area (Å²) in [5, 5.41) is 1.63. The van der Waals surface area contributed by atoms with E-state index in [2.05, 4.69) is 76.2 Å². The van der Waals surface area contributed by atoms with E-state index in [1.165, 1.54) is 54.7 Å². The molecular formula is C23H33P. The van der Waals surface area contributed by atoms with Crippen molar-refractivity contribution in [1.82, 2.24) is 0 Å². The lowest BCUT2D eigenvalue weighted by Crippen LogP contribution is -2.11. The van der Waals surface area contributed by atoms with E-state index >= 15 is 0 Å². The molecule has 24 heavy (non-hydrogen) atoms. The van der Waals surface area contributed by atoms with Crippen LogP contribution in [-0.2, 0) is 0 Å². The monoisotopic (exact) mass is 340 g/mol. The van der Waals surface area contributed by atoms with Crippen molar-refractivity contribution in [3.8, 4) is 11.1 Å². The van der Waals surface area contributed by atoms with E-state index in [-0.39, 0.29) is 7.92 Å². The fraction of sp³-hybridized carbons (Fsp3) is 0.478. The molecule has 0 aromatic heterocycles. The van der Waals surface area contributed by atoms with Gasteiger partial charge in [-0.1, -0.05) is 97.0 Å². The molecule has 0 spiro atoms. The van der Waals surface area contributed by atoms with Gasteiger partial charge in [-0.05, 0) is 53.1 Å². The Bertz CT molecular complexity index is 607. The molecular weight excluding hydrogens is 307 g/mol. The van der Waals surface area contributed by atoms with Gasteiger partial charge in [0.1, 0.15) is 0 Å². The van der Waals surface area contributed by atoms with Gasteiger partial charge < -0.3 is 0 Å². The Kier molecular flexibility index (Phi) is 8.00. The molecule has 130 valence electrons. The summed E-state index contributed by atoms with van der Waals surface area (Å²) in [6, 6.07) is 18.2. The first-order valence-corrected chi connectivity index (χ1v) is 11.3. The first kappa shape index (κ1) is 19.2. The number of rotatable bonds is 9. The van der Waals surface area contributed by atoms with Gasteiger partial charge in [0.15, 0.2) is 0 Å². The molecule has 2 rings (SSSR count). The van der Waals surface area contributed by atoms with Crippen molar-refractivity contribution in [3.05, 3.63) is 54.1 Å². The fourth-order valence-electron chi connectivity index (χ4n) is 3.27. The van der Waals surface area contributed by atoms with Crippen molar-refractivity contribution in [1.29, 1.82) is 0 Å². The SMILES string of the molecule is CCCCP(CCCC)c1ccccc1-c1ccccc1C(C)C. The highest BCUT2D eigenvalue weighted by atomic mass is 31.1. The van der Waals surface area contributed by atoms with E-state index in [1.54, 1.807) is 5.30 Å². The molecule has 2 aromatic rings. The summed E-state index contributed by atoms with van der Waals surface area (Å²) in [5.41, 5.74) is 4.41. The summed E-state index contributed by atoms with van der Waals surface area (Å²) >= 11 is 0. The van der Waals surface area contributed by atoms with Crippen LogP contribution >= 0.6 is 7.92 Å². The van der Waals surface area contributed by atoms with Crippen LogP contribution < -0.4 is 5.30 Å². The third kappa shape index (κ3) is 4.93. The fourth-order valence-corrected chi connectivity index (χ4v) is 6.21. The average molecular weight is 340 g/mol. The van der Waals surface area contributed by atoms with Crippen LogP contribution in [0.3, 0.4) is 0 Å². The molecule has 0 nitrogen and oxygen atoms in total. The Hall–Kier alpha value is -1.13. The van der Waals surface area contributed by atoms with Crippen molar-refractivity contribution in [3.63, 3.8) is 0 Å². The van der Waals surface area contributed by atoms with E-state index in [9.17, 15) is 0 Å². The molecule has 0 aliphatic carbocycles. The minimum absolute atomic E-state index is 0.0436. The molecule has 0 amide bonds. The zero-order chi connectivity index (χ0) is 17.4. The zero-order valence-electron chi connectivity index (χ0n) is 15.9. The van der Waals surface area contributed by atoms with Crippen LogP contribution in [0.1, 0.15) is 64.9 Å². The smallest absolute Gasteiger partial charge is 0.0104 e. The minimum atomic E-state index is -0.0436. The average Bonchev–Trinajstić information content (AvgIpc) is 2.62. The minimum Gasteiger partial charge on any atom is -0.0746 e. The molecule has 0 aliphatic heterocycles. The van der Waals surface area contributed by atoms with Crippen LogP contribution in [0.4, 0.5) is 0 Å². The Morgan fingerprint density at radius 1 is 0.750 bits per heavy atom. The molecule has 0 fully saturated rings. The maximum atomic E-state index is 2.41. The van der Waals surface area contributed by atoms with Crippen LogP contribution in [0.25, 0.3) is 11.1 Å². The lowest BCUT2D eigenvalue weighted by Gasteiger charge is -2.23. The molecule has 0 unspecified atom stereocenters. The summed E-state index contributed by atoms with van der Waals surface area (Å²) < 4.78 is 0. The van der Waals surface area contributed by atoms with Gasteiger partial charge in [0.2, 0.25) is 0 Å². The van der Waals surface area contributed by atoms with E-state index in [0.29, 0.717) is 5.92 Å². The van der Waals surface area contributed by atoms with E-state index < -0.39 is 0 Å². The molecule has 0 bridgehead atoms. The Labute approximate surface area is 150 Å². The quantitative estimate of drug-likeness (QED) is 0.424. The van der Waals surface area contributed by atoms with E-state index in [1.807, 2.05) is 0 Å². The van der Waals surface area contributed by atoms with Crippen LogP contribution in [0.2, 0.25) is 0 Å². The van der Waals surface area contributed by atoms with Gasteiger partial charge in [0.05, 0.1) is 0 Å². The van der Waals surface area contributed by atoms with Gasteiger partial charge in [-0.3, -0.25) is 0 Å². The summed E-state index contributed by atoms with van der Waals surface area (Å²) in [6.07, 6.45) is 8.08. The largest absolute Gasteiger partial charge is 0.0746 e. The van der Waals surface area contributed by atoms with Crippen LogP contribution in [0.5, 0.6) is 0 Å². The standard InChI is InChI=1S/C23H33P/c1-5-7-17-24(18-8-6-2)23-16-12-11-15-22(23)21-14-10-9-13-20(21)19(3)4/h9-16,19H,5-8,17-18H2,1-4H3.